The van der Waals surface area contributed by atoms with E-state index < -0.39 is 5.82 Å². The Morgan fingerprint density at radius 3 is 2.00 bits per heavy atom. The molecule has 8 rings (SSSR count). The standard InChI is InChI=1S/C42H35FN2O5/c1-23-14-29(45-20-37(23)43)18-36-38(27-9-10-27)42(49)33-12-7-24(16-34(33)41(36)48)15-25-6-11-28(44-19-25)17-35-32(13-8-26-21-50-22-26)39(46)30-4-2-3-5-31(30)40(35)47/h2-7,11-12,14,16,19-20,26-27H,8-10,13,15,17-18,21-22H2,1H3. The van der Waals surface area contributed by atoms with Crippen molar-refractivity contribution in [3.63, 3.8) is 0 Å². The fourth-order valence-electron chi connectivity index (χ4n) is 7.32. The summed E-state index contributed by atoms with van der Waals surface area (Å²) in [5.74, 6) is -0.432. The summed E-state index contributed by atoms with van der Waals surface area (Å²) in [6.45, 7) is 3.03. The van der Waals surface area contributed by atoms with Gasteiger partial charge >= 0.3 is 0 Å². The van der Waals surface area contributed by atoms with Crippen molar-refractivity contribution in [3.05, 3.63) is 151 Å². The zero-order valence-electron chi connectivity index (χ0n) is 27.8. The van der Waals surface area contributed by atoms with Crippen molar-refractivity contribution in [1.82, 2.24) is 9.97 Å². The molecular weight excluding hydrogens is 631 g/mol. The summed E-state index contributed by atoms with van der Waals surface area (Å²) in [6.07, 6.45) is 6.91. The van der Waals surface area contributed by atoms with Gasteiger partial charge in [0, 0.05) is 80.9 Å². The van der Waals surface area contributed by atoms with Gasteiger partial charge < -0.3 is 4.74 Å². The first-order chi connectivity index (χ1) is 24.2. The summed E-state index contributed by atoms with van der Waals surface area (Å²) >= 11 is 0. The van der Waals surface area contributed by atoms with Gasteiger partial charge in [-0.05, 0) is 79.8 Å². The topological polar surface area (TPSA) is 103 Å². The van der Waals surface area contributed by atoms with Crippen molar-refractivity contribution in [1.29, 1.82) is 0 Å². The van der Waals surface area contributed by atoms with E-state index in [0.717, 1.165) is 36.6 Å². The number of rotatable bonds is 10. The smallest absolute Gasteiger partial charge is 0.190 e. The van der Waals surface area contributed by atoms with Gasteiger partial charge in [0.05, 0.1) is 19.4 Å². The highest BCUT2D eigenvalue weighted by molar-refractivity contribution is 6.28. The second-order valence-electron chi connectivity index (χ2n) is 13.9. The summed E-state index contributed by atoms with van der Waals surface area (Å²) in [4.78, 5) is 63.8. The molecule has 0 amide bonds. The predicted octanol–water partition coefficient (Wildman–Crippen LogP) is 7.19. The van der Waals surface area contributed by atoms with Gasteiger partial charge in [-0.15, -0.1) is 0 Å². The Labute approximate surface area is 289 Å². The molecule has 2 fully saturated rings. The molecule has 7 nitrogen and oxygen atoms in total. The molecule has 0 radical (unpaired) electrons. The number of fused-ring (bicyclic) bond motifs is 2. The number of aryl methyl sites for hydroxylation is 1. The van der Waals surface area contributed by atoms with Crippen LogP contribution in [0.15, 0.2) is 95.3 Å². The van der Waals surface area contributed by atoms with Gasteiger partial charge in [0.2, 0.25) is 0 Å². The Morgan fingerprint density at radius 1 is 0.680 bits per heavy atom. The number of hydrogen-bond acceptors (Lipinski definition) is 7. The van der Waals surface area contributed by atoms with E-state index in [0.29, 0.717) is 93.5 Å². The first kappa shape index (κ1) is 32.0. The van der Waals surface area contributed by atoms with Gasteiger partial charge in [0.1, 0.15) is 5.82 Å². The number of pyridine rings is 2. The van der Waals surface area contributed by atoms with Crippen LogP contribution < -0.4 is 0 Å². The first-order valence-corrected chi connectivity index (χ1v) is 17.2. The molecule has 0 atom stereocenters. The van der Waals surface area contributed by atoms with E-state index in [9.17, 15) is 23.6 Å². The van der Waals surface area contributed by atoms with Crippen molar-refractivity contribution < 1.29 is 28.3 Å². The Kier molecular flexibility index (Phi) is 8.27. The summed E-state index contributed by atoms with van der Waals surface area (Å²) in [6, 6.07) is 17.9. The third-order valence-corrected chi connectivity index (χ3v) is 10.4. The van der Waals surface area contributed by atoms with Crippen LogP contribution in [-0.2, 0) is 24.0 Å². The fraction of sp³-hybridized carbons (Fsp3) is 0.286. The SMILES string of the molecule is Cc1cc(CC2=C(C3CC3)C(=O)c3ccc(Cc4ccc(CC5=C(CCC6COC6)C(=O)c6ccccc6C5=O)nc4)cc3C2=O)ncc1F. The molecule has 3 heterocycles. The third kappa shape index (κ3) is 5.98. The first-order valence-electron chi connectivity index (χ1n) is 17.2. The number of carbonyl (C=O) groups excluding carboxylic acids is 4. The molecule has 4 aromatic rings. The number of ketones is 4. The molecule has 1 saturated carbocycles. The predicted molar refractivity (Wildman–Crippen MR) is 184 cm³/mol. The van der Waals surface area contributed by atoms with Crippen molar-refractivity contribution in [2.45, 2.75) is 51.9 Å². The molecule has 3 aliphatic carbocycles. The molecule has 0 N–H and O–H groups in total. The van der Waals surface area contributed by atoms with Gasteiger partial charge in [-0.25, -0.2) is 4.39 Å². The van der Waals surface area contributed by atoms with Crippen LogP contribution in [0, 0.1) is 24.6 Å². The third-order valence-electron chi connectivity index (χ3n) is 10.4. The summed E-state index contributed by atoms with van der Waals surface area (Å²) in [7, 11) is 0. The average Bonchev–Trinajstić information content (AvgIpc) is 3.94. The summed E-state index contributed by atoms with van der Waals surface area (Å²) in [5.41, 5.74) is 7.27. The maximum Gasteiger partial charge on any atom is 0.190 e. The molecule has 250 valence electrons. The summed E-state index contributed by atoms with van der Waals surface area (Å²) in [5, 5.41) is 0. The molecule has 8 heteroatoms. The van der Waals surface area contributed by atoms with E-state index in [1.807, 2.05) is 18.2 Å². The zero-order chi connectivity index (χ0) is 34.5. The molecule has 1 saturated heterocycles. The maximum absolute atomic E-state index is 14.0. The van der Waals surface area contributed by atoms with Crippen molar-refractivity contribution in [2.24, 2.45) is 11.8 Å². The number of carbonyl (C=O) groups is 4. The molecule has 0 spiro atoms. The Balaban J connectivity index is 1.02. The number of ether oxygens (including phenoxy) is 1. The average molecular weight is 667 g/mol. The monoisotopic (exact) mass is 666 g/mol. The van der Waals surface area contributed by atoms with Crippen LogP contribution in [0.3, 0.4) is 0 Å². The van der Waals surface area contributed by atoms with E-state index >= 15 is 0 Å². The van der Waals surface area contributed by atoms with E-state index in [2.05, 4.69) is 9.97 Å². The van der Waals surface area contributed by atoms with Crippen LogP contribution in [0.2, 0.25) is 0 Å². The largest absolute Gasteiger partial charge is 0.381 e. The van der Waals surface area contributed by atoms with Crippen molar-refractivity contribution in [3.8, 4) is 0 Å². The van der Waals surface area contributed by atoms with Crippen LogP contribution in [-0.4, -0.2) is 46.3 Å². The normalized spacial score (nSPS) is 17.6. The second-order valence-corrected chi connectivity index (χ2v) is 13.9. The number of halogens is 1. The van der Waals surface area contributed by atoms with Crippen LogP contribution in [0.5, 0.6) is 0 Å². The Bertz CT molecular complexity index is 2170. The lowest BCUT2D eigenvalue weighted by molar-refractivity contribution is -0.0352. The quantitative estimate of drug-likeness (QED) is 0.177. The van der Waals surface area contributed by atoms with Gasteiger partial charge in [0.25, 0.3) is 0 Å². The minimum absolute atomic E-state index is 0.0707. The molecule has 2 aromatic carbocycles. The molecular formula is C42H35FN2O5. The lowest BCUT2D eigenvalue weighted by atomic mass is 9.79. The highest BCUT2D eigenvalue weighted by Gasteiger charge is 2.40. The molecule has 0 unspecified atom stereocenters. The number of allylic oxidation sites excluding steroid dienone is 4. The lowest BCUT2D eigenvalue weighted by Crippen LogP contribution is -2.29. The van der Waals surface area contributed by atoms with E-state index in [4.69, 9.17) is 4.74 Å². The molecule has 1 aliphatic heterocycles. The van der Waals surface area contributed by atoms with Crippen LogP contribution in [0.25, 0.3) is 0 Å². The second kappa shape index (κ2) is 12.9. The fourth-order valence-corrected chi connectivity index (χ4v) is 7.32. The highest BCUT2D eigenvalue weighted by atomic mass is 19.1. The highest BCUT2D eigenvalue weighted by Crippen LogP contribution is 2.43. The van der Waals surface area contributed by atoms with Gasteiger partial charge in [-0.3, -0.25) is 29.1 Å². The van der Waals surface area contributed by atoms with Gasteiger partial charge in [-0.2, -0.15) is 0 Å². The summed E-state index contributed by atoms with van der Waals surface area (Å²) < 4.78 is 19.2. The van der Waals surface area contributed by atoms with Crippen LogP contribution in [0.1, 0.15) is 95.2 Å². The van der Waals surface area contributed by atoms with E-state index in [-0.39, 0.29) is 41.9 Å². The van der Waals surface area contributed by atoms with E-state index in [1.54, 1.807) is 55.6 Å². The van der Waals surface area contributed by atoms with Crippen molar-refractivity contribution >= 4 is 23.1 Å². The van der Waals surface area contributed by atoms with Gasteiger partial charge in [-0.1, -0.05) is 42.5 Å². The molecule has 0 bridgehead atoms. The Hall–Kier alpha value is -5.21. The molecule has 4 aliphatic rings. The van der Waals surface area contributed by atoms with Crippen molar-refractivity contribution in [2.75, 3.05) is 13.2 Å². The minimum atomic E-state index is -0.408. The number of benzene rings is 2. The maximum atomic E-state index is 14.0. The van der Waals surface area contributed by atoms with E-state index in [1.165, 1.54) is 0 Å². The minimum Gasteiger partial charge on any atom is -0.381 e. The molecule has 2 aromatic heterocycles. The lowest BCUT2D eigenvalue weighted by Gasteiger charge is -2.27. The van der Waals surface area contributed by atoms with Crippen LogP contribution in [0.4, 0.5) is 4.39 Å². The Morgan fingerprint density at radius 2 is 1.34 bits per heavy atom. The number of nitrogens with zero attached hydrogens (tertiary/aromatic N) is 2. The van der Waals surface area contributed by atoms with Gasteiger partial charge in [0.15, 0.2) is 23.1 Å². The number of aromatic nitrogens is 2. The number of hydrogen-bond donors (Lipinski definition) is 0. The number of Topliss-reactive ketones (excluding diaryl/α,β-unsaturated/α-hetero) is 4. The zero-order valence-corrected chi connectivity index (χ0v) is 27.8. The molecule has 50 heavy (non-hydrogen) atoms. The van der Waals surface area contributed by atoms with Crippen LogP contribution >= 0.6 is 0 Å².